The Morgan fingerprint density at radius 2 is 1.77 bits per heavy atom. The maximum absolute atomic E-state index is 12.7. The minimum Gasteiger partial charge on any atom is -0.424 e. The van der Waals surface area contributed by atoms with Gasteiger partial charge < -0.3 is 4.74 Å². The molecule has 2 aromatic carbocycles. The van der Waals surface area contributed by atoms with Crippen molar-refractivity contribution in [3.05, 3.63) is 63.9 Å². The monoisotopic (exact) mass is 468 g/mol. The summed E-state index contributed by atoms with van der Waals surface area (Å²) in [6.07, 6.45) is 0.937. The van der Waals surface area contributed by atoms with E-state index in [9.17, 15) is 8.42 Å². The number of nitrogens with zero attached hydrogens (tertiary/aromatic N) is 3. The molecule has 0 radical (unpaired) electrons. The van der Waals surface area contributed by atoms with Crippen molar-refractivity contribution in [2.75, 3.05) is 0 Å². The zero-order valence-electron chi connectivity index (χ0n) is 16.8. The number of hydrogen-bond donors (Lipinski definition) is 1. The van der Waals surface area contributed by atoms with Gasteiger partial charge in [-0.3, -0.25) is 4.57 Å². The highest BCUT2D eigenvalue weighted by Gasteiger charge is 2.24. The van der Waals surface area contributed by atoms with Crippen molar-refractivity contribution >= 4 is 33.2 Å². The van der Waals surface area contributed by atoms with Gasteiger partial charge in [-0.15, -0.1) is 5.10 Å². The summed E-state index contributed by atoms with van der Waals surface area (Å²) in [5, 5.41) is 8.67. The summed E-state index contributed by atoms with van der Waals surface area (Å²) >= 11 is 11.8. The Morgan fingerprint density at radius 3 is 2.37 bits per heavy atom. The standard InChI is InChI=1S/C20H22Cl2N4O3S/c1-4-14-6-8-15(9-7-14)29-20-24-23-19(26(20)5-2)13(3)25-30(27,28)16-10-11-17(21)18(22)12-16/h6-13,25H,4-5H2,1-3H3/t13-/m1/s1. The van der Waals surface area contributed by atoms with Gasteiger partial charge in [0, 0.05) is 6.54 Å². The molecule has 160 valence electrons. The average molecular weight is 469 g/mol. The van der Waals surface area contributed by atoms with Crippen LogP contribution in [0.5, 0.6) is 11.8 Å². The highest BCUT2D eigenvalue weighted by molar-refractivity contribution is 7.89. The maximum atomic E-state index is 12.7. The highest BCUT2D eigenvalue weighted by atomic mass is 35.5. The number of nitrogens with one attached hydrogen (secondary N) is 1. The van der Waals surface area contributed by atoms with Crippen LogP contribution < -0.4 is 9.46 Å². The zero-order chi connectivity index (χ0) is 21.9. The first-order valence-electron chi connectivity index (χ1n) is 9.42. The molecule has 1 heterocycles. The number of ether oxygens (including phenoxy) is 1. The zero-order valence-corrected chi connectivity index (χ0v) is 19.1. The molecule has 0 fully saturated rings. The summed E-state index contributed by atoms with van der Waals surface area (Å²) in [6.45, 7) is 6.17. The maximum Gasteiger partial charge on any atom is 0.322 e. The molecule has 0 saturated carbocycles. The Kier molecular flexibility index (Phi) is 7.02. The van der Waals surface area contributed by atoms with Gasteiger partial charge in [0.2, 0.25) is 10.0 Å². The van der Waals surface area contributed by atoms with Gasteiger partial charge in [0.15, 0.2) is 5.82 Å². The first kappa shape index (κ1) is 22.6. The van der Waals surface area contributed by atoms with E-state index in [1.165, 1.54) is 23.8 Å². The molecule has 0 aliphatic carbocycles. The highest BCUT2D eigenvalue weighted by Crippen LogP contribution is 2.27. The lowest BCUT2D eigenvalue weighted by Crippen LogP contribution is -2.29. The summed E-state index contributed by atoms with van der Waals surface area (Å²) in [4.78, 5) is 0.0128. The average Bonchev–Trinajstić information content (AvgIpc) is 3.13. The quantitative estimate of drug-likeness (QED) is 0.502. The lowest BCUT2D eigenvalue weighted by atomic mass is 10.2. The topological polar surface area (TPSA) is 86.1 Å². The van der Waals surface area contributed by atoms with Crippen LogP contribution in [-0.2, 0) is 23.0 Å². The van der Waals surface area contributed by atoms with E-state index in [0.717, 1.165) is 6.42 Å². The van der Waals surface area contributed by atoms with E-state index in [2.05, 4.69) is 21.8 Å². The second-order valence-electron chi connectivity index (χ2n) is 6.60. The third-order valence-corrected chi connectivity index (χ3v) is 6.80. The lowest BCUT2D eigenvalue weighted by Gasteiger charge is -2.15. The van der Waals surface area contributed by atoms with E-state index >= 15 is 0 Å². The second kappa shape index (κ2) is 9.34. The number of rotatable bonds is 8. The van der Waals surface area contributed by atoms with Crippen LogP contribution in [0.4, 0.5) is 0 Å². The molecule has 3 rings (SSSR count). The van der Waals surface area contributed by atoms with E-state index in [0.29, 0.717) is 18.1 Å². The number of halogens is 2. The number of aromatic nitrogens is 3. The van der Waals surface area contributed by atoms with Crippen LogP contribution in [0.2, 0.25) is 10.0 Å². The van der Waals surface area contributed by atoms with Crippen molar-refractivity contribution in [2.45, 2.75) is 44.7 Å². The minimum atomic E-state index is -3.84. The van der Waals surface area contributed by atoms with Crippen LogP contribution in [0, 0.1) is 0 Å². The Balaban J connectivity index is 1.81. The van der Waals surface area contributed by atoms with E-state index in [1.807, 2.05) is 31.2 Å². The van der Waals surface area contributed by atoms with Gasteiger partial charge in [0.05, 0.1) is 21.0 Å². The normalized spacial score (nSPS) is 12.7. The molecular weight excluding hydrogens is 447 g/mol. The Labute approximate surface area is 186 Å². The van der Waals surface area contributed by atoms with Gasteiger partial charge in [0.1, 0.15) is 5.75 Å². The smallest absolute Gasteiger partial charge is 0.322 e. The van der Waals surface area contributed by atoms with E-state index < -0.39 is 16.1 Å². The van der Waals surface area contributed by atoms with Crippen molar-refractivity contribution in [2.24, 2.45) is 0 Å². The summed E-state index contributed by atoms with van der Waals surface area (Å²) in [7, 11) is -3.84. The molecule has 7 nitrogen and oxygen atoms in total. The van der Waals surface area contributed by atoms with Gasteiger partial charge in [-0.25, -0.2) is 13.1 Å². The summed E-state index contributed by atoms with van der Waals surface area (Å²) in [5.41, 5.74) is 1.20. The van der Waals surface area contributed by atoms with Crippen molar-refractivity contribution in [1.82, 2.24) is 19.5 Å². The number of hydrogen-bond acceptors (Lipinski definition) is 5. The Bertz CT molecular complexity index is 1130. The molecule has 1 atom stereocenters. The molecule has 0 unspecified atom stereocenters. The van der Waals surface area contributed by atoms with Gasteiger partial charge in [-0.1, -0.05) is 47.4 Å². The summed E-state index contributed by atoms with van der Waals surface area (Å²) in [5.74, 6) is 1.06. The SMILES string of the molecule is CCc1ccc(Oc2nnc([C@@H](C)NS(=O)(=O)c3ccc(Cl)c(Cl)c3)n2CC)cc1. The van der Waals surface area contributed by atoms with Gasteiger partial charge in [-0.05, 0) is 56.2 Å². The molecule has 1 N–H and O–H groups in total. The Morgan fingerprint density at radius 1 is 1.07 bits per heavy atom. The minimum absolute atomic E-state index is 0.0128. The molecule has 0 saturated heterocycles. The number of aryl methyl sites for hydroxylation is 1. The van der Waals surface area contributed by atoms with Gasteiger partial charge in [-0.2, -0.15) is 0 Å². The predicted molar refractivity (Wildman–Crippen MR) is 117 cm³/mol. The number of sulfonamides is 1. The fourth-order valence-electron chi connectivity index (χ4n) is 2.89. The van der Waals surface area contributed by atoms with Crippen LogP contribution in [0.25, 0.3) is 0 Å². The summed E-state index contributed by atoms with van der Waals surface area (Å²) in [6, 6.07) is 11.5. The molecule has 3 aromatic rings. The molecule has 10 heteroatoms. The predicted octanol–water partition coefficient (Wildman–Crippen LogP) is 5.00. The molecule has 0 aliphatic rings. The number of benzene rings is 2. The second-order valence-corrected chi connectivity index (χ2v) is 9.13. The first-order valence-corrected chi connectivity index (χ1v) is 11.7. The van der Waals surface area contributed by atoms with Crippen LogP contribution in [-0.4, -0.2) is 23.2 Å². The Hall–Kier alpha value is -2.13. The summed E-state index contributed by atoms with van der Waals surface area (Å²) < 4.78 is 35.6. The molecule has 1 aromatic heterocycles. The van der Waals surface area contributed by atoms with Crippen LogP contribution in [0.15, 0.2) is 47.4 Å². The van der Waals surface area contributed by atoms with Crippen LogP contribution in [0.1, 0.15) is 38.2 Å². The van der Waals surface area contributed by atoms with Crippen molar-refractivity contribution in [1.29, 1.82) is 0 Å². The van der Waals surface area contributed by atoms with Gasteiger partial charge >= 0.3 is 6.01 Å². The van der Waals surface area contributed by atoms with Crippen LogP contribution >= 0.6 is 23.2 Å². The van der Waals surface area contributed by atoms with Crippen LogP contribution in [0.3, 0.4) is 0 Å². The molecule has 0 amide bonds. The van der Waals surface area contributed by atoms with E-state index in [1.54, 1.807) is 11.5 Å². The van der Waals surface area contributed by atoms with Crippen molar-refractivity contribution in [3.8, 4) is 11.8 Å². The van der Waals surface area contributed by atoms with Crippen molar-refractivity contribution in [3.63, 3.8) is 0 Å². The van der Waals surface area contributed by atoms with Crippen molar-refractivity contribution < 1.29 is 13.2 Å². The molecule has 0 bridgehead atoms. The molecule has 0 spiro atoms. The fourth-order valence-corrected chi connectivity index (χ4v) is 4.48. The van der Waals surface area contributed by atoms with E-state index in [4.69, 9.17) is 27.9 Å². The molecule has 0 aliphatic heterocycles. The fraction of sp³-hybridized carbons (Fsp3) is 0.300. The first-order chi connectivity index (χ1) is 14.2. The molecular formula is C20H22Cl2N4O3S. The lowest BCUT2D eigenvalue weighted by molar-refractivity contribution is 0.407. The third-order valence-electron chi connectivity index (χ3n) is 4.52. The van der Waals surface area contributed by atoms with E-state index in [-0.39, 0.29) is 21.0 Å². The molecule has 30 heavy (non-hydrogen) atoms. The third kappa shape index (κ3) is 4.95. The largest absolute Gasteiger partial charge is 0.424 e. The van der Waals surface area contributed by atoms with Gasteiger partial charge in [0.25, 0.3) is 0 Å².